The third-order valence-electron chi connectivity index (χ3n) is 5.38. The van der Waals surface area contributed by atoms with Gasteiger partial charge in [-0.15, -0.1) is 0 Å². The van der Waals surface area contributed by atoms with E-state index in [9.17, 15) is 9.59 Å². The monoisotopic (exact) mass is 392 g/mol. The van der Waals surface area contributed by atoms with E-state index in [-0.39, 0.29) is 11.7 Å². The van der Waals surface area contributed by atoms with E-state index < -0.39 is 5.91 Å². The molecule has 1 fully saturated rings. The average molecular weight is 392 g/mol. The molecule has 1 N–H and O–H groups in total. The lowest BCUT2D eigenvalue weighted by Gasteiger charge is -2.29. The minimum absolute atomic E-state index is 0.128. The van der Waals surface area contributed by atoms with Gasteiger partial charge in [0.1, 0.15) is 5.75 Å². The second-order valence-electron chi connectivity index (χ2n) is 7.37. The zero-order chi connectivity index (χ0) is 20.4. The molecule has 0 saturated carbocycles. The summed E-state index contributed by atoms with van der Waals surface area (Å²) in [4.78, 5) is 32.4. The number of rotatable bonds is 4. The Morgan fingerprint density at radius 3 is 2.59 bits per heavy atom. The summed E-state index contributed by atoms with van der Waals surface area (Å²) in [6.45, 7) is 3.64. The molecule has 150 valence electrons. The van der Waals surface area contributed by atoms with Crippen molar-refractivity contribution in [3.05, 3.63) is 60.2 Å². The van der Waals surface area contributed by atoms with Crippen LogP contribution in [0.2, 0.25) is 0 Å². The van der Waals surface area contributed by atoms with Crippen LogP contribution in [-0.4, -0.2) is 46.3 Å². The first-order chi connectivity index (χ1) is 14.1. The van der Waals surface area contributed by atoms with Crippen molar-refractivity contribution in [3.63, 3.8) is 0 Å². The maximum absolute atomic E-state index is 13.1. The Hall–Kier alpha value is -3.35. The van der Waals surface area contributed by atoms with E-state index in [0.29, 0.717) is 41.7 Å². The van der Waals surface area contributed by atoms with Crippen LogP contribution in [0.25, 0.3) is 5.52 Å². The van der Waals surface area contributed by atoms with E-state index >= 15 is 0 Å². The molecule has 0 bridgehead atoms. The van der Waals surface area contributed by atoms with E-state index in [1.54, 1.807) is 29.8 Å². The molecular formula is C22H24N4O3. The average Bonchev–Trinajstić information content (AvgIpc) is 3.14. The number of aromatic nitrogens is 2. The minimum Gasteiger partial charge on any atom is -0.495 e. The van der Waals surface area contributed by atoms with Gasteiger partial charge in [-0.25, -0.2) is 4.98 Å². The molecule has 3 aromatic rings. The topological polar surface area (TPSA) is 75.9 Å². The second-order valence-corrected chi connectivity index (χ2v) is 7.37. The third-order valence-corrected chi connectivity index (χ3v) is 5.38. The number of nitrogens with one attached hydrogen (secondary N) is 1. The molecule has 1 aromatic carbocycles. The number of methoxy groups -OCH3 is 1. The number of benzene rings is 1. The van der Waals surface area contributed by atoms with E-state index in [0.717, 1.165) is 12.8 Å². The number of hydrogen-bond donors (Lipinski definition) is 1. The van der Waals surface area contributed by atoms with Crippen molar-refractivity contribution < 1.29 is 14.3 Å². The van der Waals surface area contributed by atoms with Gasteiger partial charge in [-0.2, -0.15) is 0 Å². The van der Waals surface area contributed by atoms with Crippen LogP contribution in [-0.2, 0) is 0 Å². The fourth-order valence-corrected chi connectivity index (χ4v) is 3.64. The van der Waals surface area contributed by atoms with Crippen molar-refractivity contribution in [1.29, 1.82) is 0 Å². The van der Waals surface area contributed by atoms with Gasteiger partial charge in [0, 0.05) is 19.3 Å². The van der Waals surface area contributed by atoms with Gasteiger partial charge >= 0.3 is 0 Å². The molecule has 4 rings (SSSR count). The fraction of sp³-hybridized carbons (Fsp3) is 0.318. The van der Waals surface area contributed by atoms with Crippen LogP contribution in [0, 0.1) is 5.92 Å². The molecule has 1 aliphatic rings. The summed E-state index contributed by atoms with van der Waals surface area (Å²) in [6, 6.07) is 12.6. The zero-order valence-corrected chi connectivity index (χ0v) is 16.6. The van der Waals surface area contributed by atoms with Crippen molar-refractivity contribution >= 4 is 23.0 Å². The molecule has 1 aliphatic heterocycles. The number of carbonyl (C=O) groups excluding carboxylic acids is 2. The molecule has 0 radical (unpaired) electrons. The van der Waals surface area contributed by atoms with Gasteiger partial charge in [-0.3, -0.25) is 14.0 Å². The van der Waals surface area contributed by atoms with Gasteiger partial charge < -0.3 is 15.0 Å². The van der Waals surface area contributed by atoms with Gasteiger partial charge in [-0.05, 0) is 43.0 Å². The summed E-state index contributed by atoms with van der Waals surface area (Å²) >= 11 is 0. The number of fused-ring (bicyclic) bond motifs is 1. The molecule has 3 heterocycles. The fourth-order valence-electron chi connectivity index (χ4n) is 3.64. The van der Waals surface area contributed by atoms with Crippen LogP contribution in [0.5, 0.6) is 5.75 Å². The Labute approximate surface area is 169 Å². The largest absolute Gasteiger partial charge is 0.495 e. The van der Waals surface area contributed by atoms with E-state index in [2.05, 4.69) is 17.2 Å². The van der Waals surface area contributed by atoms with Crippen molar-refractivity contribution in [1.82, 2.24) is 14.3 Å². The molecule has 7 nitrogen and oxygen atoms in total. The van der Waals surface area contributed by atoms with Gasteiger partial charge in [0.05, 0.1) is 18.3 Å². The van der Waals surface area contributed by atoms with Crippen molar-refractivity contribution in [3.8, 4) is 5.75 Å². The number of nitrogens with zero attached hydrogens (tertiary/aromatic N) is 3. The first kappa shape index (κ1) is 19.0. The lowest BCUT2D eigenvalue weighted by Crippen LogP contribution is -2.38. The Morgan fingerprint density at radius 2 is 1.83 bits per heavy atom. The van der Waals surface area contributed by atoms with Crippen LogP contribution in [0.3, 0.4) is 0 Å². The first-order valence-corrected chi connectivity index (χ1v) is 9.79. The first-order valence-electron chi connectivity index (χ1n) is 9.79. The number of amides is 2. The van der Waals surface area contributed by atoms with Gasteiger partial charge in [-0.1, -0.05) is 25.1 Å². The molecular weight excluding hydrogens is 368 g/mol. The van der Waals surface area contributed by atoms with Crippen LogP contribution >= 0.6 is 0 Å². The second kappa shape index (κ2) is 7.95. The number of hydrogen-bond acceptors (Lipinski definition) is 4. The van der Waals surface area contributed by atoms with E-state index in [4.69, 9.17) is 4.74 Å². The maximum atomic E-state index is 13.1. The highest BCUT2D eigenvalue weighted by molar-refractivity contribution is 6.06. The summed E-state index contributed by atoms with van der Waals surface area (Å²) < 4.78 is 6.96. The summed E-state index contributed by atoms with van der Waals surface area (Å²) in [5.41, 5.74) is 1.48. The summed E-state index contributed by atoms with van der Waals surface area (Å²) in [6.07, 6.45) is 3.71. The summed E-state index contributed by atoms with van der Waals surface area (Å²) in [5.74, 6) is 0.819. The van der Waals surface area contributed by atoms with Crippen LogP contribution in [0.15, 0.2) is 48.7 Å². The highest BCUT2D eigenvalue weighted by Crippen LogP contribution is 2.25. The van der Waals surface area contributed by atoms with Crippen molar-refractivity contribution in [2.45, 2.75) is 19.8 Å². The number of carbonyl (C=O) groups is 2. The Morgan fingerprint density at radius 1 is 1.10 bits per heavy atom. The molecule has 7 heteroatoms. The number of para-hydroxylation sites is 2. The molecule has 0 unspecified atom stereocenters. The molecule has 1 saturated heterocycles. The minimum atomic E-state index is -0.401. The number of likely N-dealkylation sites (tertiary alicyclic amines) is 1. The van der Waals surface area contributed by atoms with Crippen molar-refractivity contribution in [2.24, 2.45) is 5.92 Å². The molecule has 0 atom stereocenters. The highest BCUT2D eigenvalue weighted by atomic mass is 16.5. The molecule has 0 aliphatic carbocycles. The normalized spacial score (nSPS) is 14.8. The number of piperidine rings is 1. The van der Waals surface area contributed by atoms with E-state index in [1.165, 1.54) is 0 Å². The van der Waals surface area contributed by atoms with Gasteiger partial charge in [0.15, 0.2) is 5.69 Å². The lowest BCUT2D eigenvalue weighted by atomic mass is 9.99. The van der Waals surface area contributed by atoms with Crippen LogP contribution < -0.4 is 10.1 Å². The Balaban J connectivity index is 1.67. The quantitative estimate of drug-likeness (QED) is 0.738. The molecule has 2 aromatic heterocycles. The zero-order valence-electron chi connectivity index (χ0n) is 16.6. The standard InChI is InChI=1S/C22H24N4O3/c1-15-10-13-25(14-11-15)22(28)19-17-8-5-6-12-26(17)20(24-19)21(27)23-16-7-3-4-9-18(16)29-2/h3-9,12,15H,10-11,13-14H2,1-2H3,(H,23,27). The predicted molar refractivity (Wildman–Crippen MR) is 110 cm³/mol. The molecule has 0 spiro atoms. The van der Waals surface area contributed by atoms with Crippen LogP contribution in [0.1, 0.15) is 40.9 Å². The lowest BCUT2D eigenvalue weighted by molar-refractivity contribution is 0.0694. The Kier molecular flexibility index (Phi) is 5.20. The van der Waals surface area contributed by atoms with Crippen LogP contribution in [0.4, 0.5) is 5.69 Å². The number of anilines is 1. The predicted octanol–water partition coefficient (Wildman–Crippen LogP) is 3.47. The third kappa shape index (κ3) is 3.68. The Bertz CT molecular complexity index is 1050. The SMILES string of the molecule is COc1ccccc1NC(=O)c1nc(C(=O)N2CCC(C)CC2)c2ccccn12. The molecule has 29 heavy (non-hydrogen) atoms. The number of pyridine rings is 1. The summed E-state index contributed by atoms with van der Waals surface area (Å²) in [7, 11) is 1.55. The smallest absolute Gasteiger partial charge is 0.292 e. The van der Waals surface area contributed by atoms with Crippen molar-refractivity contribution in [2.75, 3.05) is 25.5 Å². The van der Waals surface area contributed by atoms with Gasteiger partial charge in [0.2, 0.25) is 5.82 Å². The number of ether oxygens (including phenoxy) is 1. The molecule has 2 amide bonds. The maximum Gasteiger partial charge on any atom is 0.292 e. The summed E-state index contributed by atoms with van der Waals surface area (Å²) in [5, 5.41) is 2.84. The highest BCUT2D eigenvalue weighted by Gasteiger charge is 2.27. The van der Waals surface area contributed by atoms with Gasteiger partial charge in [0.25, 0.3) is 11.8 Å². The van der Waals surface area contributed by atoms with E-state index in [1.807, 2.05) is 35.2 Å². The number of imidazole rings is 1.